The summed E-state index contributed by atoms with van der Waals surface area (Å²) in [5.74, 6) is -1.85. The van der Waals surface area contributed by atoms with Crippen LogP contribution in [0.2, 0.25) is 0 Å². The Bertz CT molecular complexity index is 495. The second kappa shape index (κ2) is 7.46. The van der Waals surface area contributed by atoms with Crippen molar-refractivity contribution < 1.29 is 13.9 Å². The van der Waals surface area contributed by atoms with E-state index in [9.17, 15) is 13.9 Å². The second-order valence-corrected chi connectivity index (χ2v) is 4.85. The Hall–Kier alpha value is -1.13. The summed E-state index contributed by atoms with van der Waals surface area (Å²) in [6.45, 7) is 3.85. The van der Waals surface area contributed by atoms with Gasteiger partial charge in [-0.2, -0.15) is 0 Å². The first-order valence-electron chi connectivity index (χ1n) is 6.08. The Labute approximate surface area is 117 Å². The van der Waals surface area contributed by atoms with E-state index in [1.165, 1.54) is 17.8 Å². The van der Waals surface area contributed by atoms with Crippen molar-refractivity contribution in [1.29, 1.82) is 0 Å². The molecule has 0 spiro atoms. The van der Waals surface area contributed by atoms with E-state index in [-0.39, 0.29) is 0 Å². The Balaban J connectivity index is 3.16. The van der Waals surface area contributed by atoms with Crippen molar-refractivity contribution in [2.45, 2.75) is 26.4 Å². The highest BCUT2D eigenvalue weighted by atomic mass is 32.2. The predicted octanol–water partition coefficient (Wildman–Crippen LogP) is 4.60. The summed E-state index contributed by atoms with van der Waals surface area (Å²) >= 11 is 1.51. The van der Waals surface area contributed by atoms with Gasteiger partial charge in [0.05, 0.1) is 0 Å². The molecule has 0 saturated heterocycles. The van der Waals surface area contributed by atoms with Gasteiger partial charge in [-0.25, -0.2) is 8.78 Å². The molecule has 19 heavy (non-hydrogen) atoms. The fraction of sp³-hybridized carbons (Fsp3) is 0.333. The molecule has 0 aliphatic heterocycles. The minimum atomic E-state index is -0.950. The molecular weight excluding hydrogens is 266 g/mol. The topological polar surface area (TPSA) is 20.2 Å². The zero-order valence-corrected chi connectivity index (χ0v) is 12.1. The quantitative estimate of drug-likeness (QED) is 0.797. The number of hydrogen-bond donors (Lipinski definition) is 1. The number of thioether (sulfide) groups is 1. The van der Waals surface area contributed by atoms with Crippen molar-refractivity contribution in [3.05, 3.63) is 58.0 Å². The van der Waals surface area contributed by atoms with Crippen LogP contribution in [0.3, 0.4) is 0 Å². The van der Waals surface area contributed by atoms with Gasteiger partial charge in [-0.05, 0) is 42.9 Å². The van der Waals surface area contributed by atoms with Gasteiger partial charge in [-0.1, -0.05) is 25.1 Å². The van der Waals surface area contributed by atoms with Crippen molar-refractivity contribution in [3.8, 4) is 0 Å². The molecule has 1 aromatic rings. The second-order valence-electron chi connectivity index (χ2n) is 4.00. The van der Waals surface area contributed by atoms with Crippen molar-refractivity contribution in [2.75, 3.05) is 6.26 Å². The Morgan fingerprint density at radius 3 is 2.53 bits per heavy atom. The first kappa shape index (κ1) is 15.9. The molecule has 1 aromatic carbocycles. The van der Waals surface area contributed by atoms with Crippen LogP contribution in [0.15, 0.2) is 40.8 Å². The SMILES string of the molecule is C/C=C(SC)\C(=C/CC)C(O)c1ccc(F)c(F)c1. The zero-order chi connectivity index (χ0) is 14.4. The summed E-state index contributed by atoms with van der Waals surface area (Å²) < 4.78 is 26.1. The van der Waals surface area contributed by atoms with E-state index in [4.69, 9.17) is 0 Å². The maximum absolute atomic E-state index is 13.2. The summed E-state index contributed by atoms with van der Waals surface area (Å²) in [6, 6.07) is 3.48. The van der Waals surface area contributed by atoms with Crippen LogP contribution in [-0.4, -0.2) is 11.4 Å². The highest BCUT2D eigenvalue weighted by Gasteiger charge is 2.17. The van der Waals surface area contributed by atoms with E-state index in [0.717, 1.165) is 29.0 Å². The van der Waals surface area contributed by atoms with Crippen molar-refractivity contribution in [2.24, 2.45) is 0 Å². The lowest BCUT2D eigenvalue weighted by Gasteiger charge is -2.17. The van der Waals surface area contributed by atoms with Gasteiger partial charge in [-0.15, -0.1) is 11.8 Å². The van der Waals surface area contributed by atoms with Gasteiger partial charge in [0.1, 0.15) is 6.10 Å². The van der Waals surface area contributed by atoms with E-state index in [2.05, 4.69) is 0 Å². The summed E-state index contributed by atoms with van der Waals surface area (Å²) in [6.07, 6.45) is 5.52. The Kier molecular flexibility index (Phi) is 6.25. The molecule has 1 unspecified atom stereocenters. The fourth-order valence-corrected chi connectivity index (χ4v) is 2.50. The van der Waals surface area contributed by atoms with Gasteiger partial charge >= 0.3 is 0 Å². The standard InChI is InChI=1S/C15H18F2OS/c1-4-6-11(14(5-2)19-3)15(18)10-7-8-12(16)13(17)9-10/h5-9,15,18H,4H2,1-3H3/b11-6+,14-5+. The highest BCUT2D eigenvalue weighted by molar-refractivity contribution is 8.02. The number of rotatable bonds is 5. The lowest BCUT2D eigenvalue weighted by molar-refractivity contribution is 0.218. The number of halogens is 2. The first-order valence-corrected chi connectivity index (χ1v) is 7.31. The van der Waals surface area contributed by atoms with Crippen molar-refractivity contribution >= 4 is 11.8 Å². The van der Waals surface area contributed by atoms with Crippen LogP contribution in [0.4, 0.5) is 8.78 Å². The number of hydrogen-bond acceptors (Lipinski definition) is 2. The third-order valence-electron chi connectivity index (χ3n) is 2.74. The lowest BCUT2D eigenvalue weighted by atomic mass is 9.99. The summed E-state index contributed by atoms with van der Waals surface area (Å²) in [5.41, 5.74) is 1.08. The average molecular weight is 284 g/mol. The van der Waals surface area contributed by atoms with Crippen LogP contribution in [0.25, 0.3) is 0 Å². The number of aliphatic hydroxyl groups is 1. The molecule has 104 valence electrons. The molecule has 0 aliphatic carbocycles. The van der Waals surface area contributed by atoms with Crippen LogP contribution in [-0.2, 0) is 0 Å². The minimum absolute atomic E-state index is 0.354. The van der Waals surface area contributed by atoms with Crippen LogP contribution in [0.5, 0.6) is 0 Å². The Morgan fingerprint density at radius 2 is 2.05 bits per heavy atom. The van der Waals surface area contributed by atoms with Gasteiger partial charge in [-0.3, -0.25) is 0 Å². The van der Waals surface area contributed by atoms with E-state index in [1.807, 2.05) is 32.3 Å². The Morgan fingerprint density at radius 1 is 1.37 bits per heavy atom. The van der Waals surface area contributed by atoms with E-state index in [0.29, 0.717) is 5.56 Å². The molecule has 1 atom stereocenters. The highest BCUT2D eigenvalue weighted by Crippen LogP contribution is 2.33. The molecule has 0 fully saturated rings. The van der Waals surface area contributed by atoms with Crippen molar-refractivity contribution in [3.63, 3.8) is 0 Å². The molecule has 1 N–H and O–H groups in total. The summed E-state index contributed by atoms with van der Waals surface area (Å²) in [7, 11) is 0. The van der Waals surface area contributed by atoms with Crippen LogP contribution < -0.4 is 0 Å². The molecule has 1 rings (SSSR count). The van der Waals surface area contributed by atoms with Gasteiger partial charge in [0.15, 0.2) is 11.6 Å². The number of benzene rings is 1. The monoisotopic (exact) mass is 284 g/mol. The lowest BCUT2D eigenvalue weighted by Crippen LogP contribution is -2.04. The molecule has 0 radical (unpaired) electrons. The summed E-state index contributed by atoms with van der Waals surface area (Å²) in [4.78, 5) is 0.930. The predicted molar refractivity (Wildman–Crippen MR) is 77.0 cm³/mol. The normalized spacial score (nSPS) is 14.6. The van der Waals surface area contributed by atoms with Gasteiger partial charge in [0, 0.05) is 4.91 Å². The molecule has 0 amide bonds. The molecule has 0 heterocycles. The molecule has 0 aromatic heterocycles. The smallest absolute Gasteiger partial charge is 0.159 e. The van der Waals surface area contributed by atoms with Crippen LogP contribution in [0.1, 0.15) is 31.9 Å². The molecule has 0 saturated carbocycles. The number of aliphatic hydroxyl groups excluding tert-OH is 1. The minimum Gasteiger partial charge on any atom is -0.384 e. The van der Waals surface area contributed by atoms with E-state index < -0.39 is 17.7 Å². The summed E-state index contributed by atoms with van der Waals surface area (Å²) in [5, 5.41) is 10.3. The zero-order valence-electron chi connectivity index (χ0n) is 11.3. The van der Waals surface area contributed by atoms with Gasteiger partial charge < -0.3 is 5.11 Å². The maximum atomic E-state index is 13.2. The largest absolute Gasteiger partial charge is 0.384 e. The van der Waals surface area contributed by atoms with E-state index in [1.54, 1.807) is 0 Å². The first-order chi connectivity index (χ1) is 9.04. The maximum Gasteiger partial charge on any atom is 0.159 e. The van der Waals surface area contributed by atoms with Crippen LogP contribution in [0, 0.1) is 11.6 Å². The third-order valence-corrected chi connectivity index (χ3v) is 3.66. The van der Waals surface area contributed by atoms with Crippen molar-refractivity contribution in [1.82, 2.24) is 0 Å². The van der Waals surface area contributed by atoms with Gasteiger partial charge in [0.25, 0.3) is 0 Å². The van der Waals surface area contributed by atoms with Crippen LogP contribution >= 0.6 is 11.8 Å². The molecule has 0 aliphatic rings. The van der Waals surface area contributed by atoms with E-state index >= 15 is 0 Å². The average Bonchev–Trinajstić information content (AvgIpc) is 2.41. The fourth-order valence-electron chi connectivity index (χ4n) is 1.83. The molecule has 4 heteroatoms. The molecule has 0 bridgehead atoms. The number of allylic oxidation sites excluding steroid dienone is 2. The third kappa shape index (κ3) is 3.91. The van der Waals surface area contributed by atoms with Gasteiger partial charge in [0.2, 0.25) is 0 Å². The molecule has 1 nitrogen and oxygen atoms in total. The molecular formula is C15H18F2OS.